The van der Waals surface area contributed by atoms with Crippen molar-refractivity contribution in [3.05, 3.63) is 0 Å². The van der Waals surface area contributed by atoms with Gasteiger partial charge >= 0.3 is 12.1 Å². The van der Waals surface area contributed by atoms with E-state index in [1.807, 2.05) is 0 Å². The minimum atomic E-state index is -4.53. The lowest BCUT2D eigenvalue weighted by Gasteiger charge is -2.33. The molecule has 1 unspecified atom stereocenters. The van der Waals surface area contributed by atoms with Crippen LogP contribution in [0.25, 0.3) is 0 Å². The van der Waals surface area contributed by atoms with Gasteiger partial charge in [0.05, 0.1) is 18.9 Å². The topological polar surface area (TPSA) is 72.6 Å². The molecule has 0 fully saturated rings. The van der Waals surface area contributed by atoms with Gasteiger partial charge in [-0.3, -0.25) is 9.59 Å². The minimum absolute atomic E-state index is 0.0606. The van der Waals surface area contributed by atoms with Crippen LogP contribution >= 0.6 is 0 Å². The molecular weight excluding hydrogens is 277 g/mol. The highest BCUT2D eigenvalue weighted by atomic mass is 19.4. The lowest BCUT2D eigenvalue weighted by Crippen LogP contribution is -2.49. The number of amides is 1. The lowest BCUT2D eigenvalue weighted by molar-refractivity contribution is -0.168. The summed E-state index contributed by atoms with van der Waals surface area (Å²) in [4.78, 5) is 23.8. The second-order valence-corrected chi connectivity index (χ2v) is 4.79. The maximum absolute atomic E-state index is 12.5. The highest BCUT2D eigenvalue weighted by molar-refractivity contribution is 5.83. The SMILES string of the molecule is CCC(C)(CN)C(=O)N(CCC(=O)OC)CC(F)(F)F. The number of ether oxygens (including phenoxy) is 1. The predicted molar refractivity (Wildman–Crippen MR) is 66.7 cm³/mol. The third kappa shape index (κ3) is 5.77. The van der Waals surface area contributed by atoms with Crippen molar-refractivity contribution in [1.29, 1.82) is 0 Å². The van der Waals surface area contributed by atoms with Gasteiger partial charge in [0, 0.05) is 13.1 Å². The molecule has 0 bridgehead atoms. The van der Waals surface area contributed by atoms with Gasteiger partial charge in [-0.15, -0.1) is 0 Å². The Bertz CT molecular complexity index is 341. The van der Waals surface area contributed by atoms with E-state index in [2.05, 4.69) is 4.74 Å². The number of hydrogen-bond acceptors (Lipinski definition) is 4. The van der Waals surface area contributed by atoms with Crippen molar-refractivity contribution < 1.29 is 27.5 Å². The Balaban J connectivity index is 5.01. The third-order valence-electron chi connectivity index (χ3n) is 3.22. The number of carbonyl (C=O) groups excluding carboxylic acids is 2. The van der Waals surface area contributed by atoms with Crippen molar-refractivity contribution >= 4 is 11.9 Å². The molecule has 1 amide bonds. The average molecular weight is 298 g/mol. The van der Waals surface area contributed by atoms with E-state index in [4.69, 9.17) is 5.73 Å². The Kier molecular flexibility index (Phi) is 6.98. The molecular formula is C12H21F3N2O3. The molecule has 0 radical (unpaired) electrons. The molecule has 0 aliphatic rings. The largest absolute Gasteiger partial charge is 0.469 e. The van der Waals surface area contributed by atoms with Crippen LogP contribution in [0.1, 0.15) is 26.7 Å². The fourth-order valence-electron chi connectivity index (χ4n) is 1.56. The van der Waals surface area contributed by atoms with Crippen molar-refractivity contribution in [2.45, 2.75) is 32.9 Å². The van der Waals surface area contributed by atoms with Gasteiger partial charge in [-0.1, -0.05) is 6.92 Å². The van der Waals surface area contributed by atoms with E-state index in [-0.39, 0.29) is 19.5 Å². The molecule has 0 aliphatic heterocycles. The molecule has 0 aromatic rings. The summed E-state index contributed by atoms with van der Waals surface area (Å²) in [6.45, 7) is 1.38. The van der Waals surface area contributed by atoms with Crippen molar-refractivity contribution in [1.82, 2.24) is 4.90 Å². The number of esters is 1. The molecule has 8 heteroatoms. The van der Waals surface area contributed by atoms with Crippen molar-refractivity contribution in [3.63, 3.8) is 0 Å². The molecule has 20 heavy (non-hydrogen) atoms. The van der Waals surface area contributed by atoms with E-state index in [0.717, 1.165) is 7.11 Å². The summed E-state index contributed by atoms with van der Waals surface area (Å²) >= 11 is 0. The van der Waals surface area contributed by atoms with E-state index >= 15 is 0 Å². The van der Waals surface area contributed by atoms with Crippen LogP contribution in [-0.2, 0) is 14.3 Å². The van der Waals surface area contributed by atoms with Crippen molar-refractivity contribution in [2.24, 2.45) is 11.1 Å². The monoisotopic (exact) mass is 298 g/mol. The summed E-state index contributed by atoms with van der Waals surface area (Å²) < 4.78 is 41.9. The van der Waals surface area contributed by atoms with Gasteiger partial charge in [0.15, 0.2) is 0 Å². The second-order valence-electron chi connectivity index (χ2n) is 4.79. The van der Waals surface area contributed by atoms with Gasteiger partial charge in [-0.05, 0) is 13.3 Å². The quantitative estimate of drug-likeness (QED) is 0.719. The zero-order valence-electron chi connectivity index (χ0n) is 11.9. The van der Waals surface area contributed by atoms with Crippen LogP contribution in [0.4, 0.5) is 13.2 Å². The number of nitrogens with two attached hydrogens (primary N) is 1. The van der Waals surface area contributed by atoms with E-state index in [9.17, 15) is 22.8 Å². The number of nitrogens with zero attached hydrogens (tertiary/aromatic N) is 1. The molecule has 0 heterocycles. The molecule has 0 aliphatic carbocycles. The predicted octanol–water partition coefficient (Wildman–Crippen LogP) is 1.32. The summed E-state index contributed by atoms with van der Waals surface area (Å²) in [5.74, 6) is -1.38. The molecule has 1 atom stereocenters. The average Bonchev–Trinajstić information content (AvgIpc) is 2.39. The first-order valence-corrected chi connectivity index (χ1v) is 6.22. The summed E-state index contributed by atoms with van der Waals surface area (Å²) in [5.41, 5.74) is 4.41. The number of halogens is 3. The smallest absolute Gasteiger partial charge is 0.406 e. The number of alkyl halides is 3. The Hall–Kier alpha value is -1.31. The van der Waals surface area contributed by atoms with Crippen molar-refractivity contribution in [2.75, 3.05) is 26.7 Å². The van der Waals surface area contributed by atoms with Crippen molar-refractivity contribution in [3.8, 4) is 0 Å². The van der Waals surface area contributed by atoms with E-state index in [0.29, 0.717) is 11.3 Å². The number of carbonyl (C=O) groups is 2. The minimum Gasteiger partial charge on any atom is -0.469 e. The molecule has 0 saturated carbocycles. The number of methoxy groups -OCH3 is 1. The molecule has 0 rings (SSSR count). The van der Waals surface area contributed by atoms with Crippen LogP contribution in [0.3, 0.4) is 0 Å². The molecule has 5 nitrogen and oxygen atoms in total. The van der Waals surface area contributed by atoms with Crippen LogP contribution in [-0.4, -0.2) is 49.7 Å². The fraction of sp³-hybridized carbons (Fsp3) is 0.833. The maximum atomic E-state index is 12.5. The highest BCUT2D eigenvalue weighted by Gasteiger charge is 2.39. The Morgan fingerprint density at radius 2 is 1.85 bits per heavy atom. The van der Waals surface area contributed by atoms with E-state index in [1.54, 1.807) is 6.92 Å². The van der Waals surface area contributed by atoms with Crippen LogP contribution in [0.5, 0.6) is 0 Å². The summed E-state index contributed by atoms with van der Waals surface area (Å²) in [6.07, 6.45) is -4.51. The van der Waals surface area contributed by atoms with Gasteiger partial charge in [-0.25, -0.2) is 0 Å². The molecule has 0 aromatic carbocycles. The normalized spacial score (nSPS) is 14.6. The van der Waals surface area contributed by atoms with Crippen LogP contribution in [0.2, 0.25) is 0 Å². The van der Waals surface area contributed by atoms with E-state index in [1.165, 1.54) is 6.92 Å². The first kappa shape index (κ1) is 18.7. The van der Waals surface area contributed by atoms with Crippen LogP contribution < -0.4 is 5.73 Å². The third-order valence-corrected chi connectivity index (χ3v) is 3.22. The summed E-state index contributed by atoms with van der Waals surface area (Å²) in [5, 5.41) is 0. The number of rotatable bonds is 7. The maximum Gasteiger partial charge on any atom is 0.406 e. The first-order valence-electron chi connectivity index (χ1n) is 6.22. The molecule has 0 saturated heterocycles. The van der Waals surface area contributed by atoms with Gasteiger partial charge in [-0.2, -0.15) is 13.2 Å². The first-order chi connectivity index (χ1) is 9.09. The molecule has 2 N–H and O–H groups in total. The standard InChI is InChI=1S/C12H21F3N2O3/c1-4-11(2,7-16)10(19)17(8-12(13,14)15)6-5-9(18)20-3/h4-8,16H2,1-3H3. The molecule has 0 aromatic heterocycles. The zero-order chi connectivity index (χ0) is 16.0. The molecule has 118 valence electrons. The Morgan fingerprint density at radius 1 is 1.30 bits per heavy atom. The van der Waals surface area contributed by atoms with Gasteiger partial charge < -0.3 is 15.4 Å². The Morgan fingerprint density at radius 3 is 2.20 bits per heavy atom. The lowest BCUT2D eigenvalue weighted by atomic mass is 9.86. The highest BCUT2D eigenvalue weighted by Crippen LogP contribution is 2.25. The summed E-state index contributed by atoms with van der Waals surface area (Å²) in [7, 11) is 1.13. The Labute approximate surface area is 116 Å². The summed E-state index contributed by atoms with van der Waals surface area (Å²) in [6, 6.07) is 0. The van der Waals surface area contributed by atoms with Gasteiger partial charge in [0.1, 0.15) is 6.54 Å². The van der Waals surface area contributed by atoms with Gasteiger partial charge in [0.2, 0.25) is 5.91 Å². The zero-order valence-corrected chi connectivity index (χ0v) is 11.9. The molecule has 0 spiro atoms. The van der Waals surface area contributed by atoms with Crippen LogP contribution in [0.15, 0.2) is 0 Å². The number of hydrogen-bond donors (Lipinski definition) is 1. The van der Waals surface area contributed by atoms with Gasteiger partial charge in [0.25, 0.3) is 0 Å². The second kappa shape index (κ2) is 7.47. The van der Waals surface area contributed by atoms with Crippen LogP contribution in [0, 0.1) is 5.41 Å². The fourth-order valence-corrected chi connectivity index (χ4v) is 1.56. The van der Waals surface area contributed by atoms with E-state index < -0.39 is 30.0 Å².